The van der Waals surface area contributed by atoms with E-state index in [-0.39, 0.29) is 5.78 Å². The van der Waals surface area contributed by atoms with Gasteiger partial charge in [-0.3, -0.25) is 4.79 Å². The first-order chi connectivity index (χ1) is 13.7. The van der Waals surface area contributed by atoms with E-state index in [1.165, 1.54) is 11.8 Å². The minimum atomic E-state index is -0.447. The summed E-state index contributed by atoms with van der Waals surface area (Å²) in [6.45, 7) is 2.01. The van der Waals surface area contributed by atoms with Crippen LogP contribution in [0.4, 0.5) is 0 Å². The largest absolute Gasteiger partial charge is 0.293 e. The molecule has 0 amide bonds. The smallest absolute Gasteiger partial charge is 0.215 e. The first-order valence-corrected chi connectivity index (χ1v) is 9.77. The van der Waals surface area contributed by atoms with Crippen LogP contribution in [0.1, 0.15) is 26.7 Å². The Hall–Kier alpha value is -3.25. The maximum absolute atomic E-state index is 13.3. The van der Waals surface area contributed by atoms with E-state index in [4.69, 9.17) is 0 Å². The van der Waals surface area contributed by atoms with E-state index in [2.05, 4.69) is 15.5 Å². The summed E-state index contributed by atoms with van der Waals surface area (Å²) in [5, 5.41) is 12.3. The third kappa shape index (κ3) is 3.73. The number of hydrogen-bond acceptors (Lipinski definition) is 5. The van der Waals surface area contributed by atoms with E-state index in [1.807, 2.05) is 91.9 Å². The Morgan fingerprint density at radius 3 is 2.25 bits per heavy atom. The predicted molar refractivity (Wildman–Crippen MR) is 110 cm³/mol. The van der Waals surface area contributed by atoms with Crippen molar-refractivity contribution < 1.29 is 4.79 Å². The second kappa shape index (κ2) is 8.19. The van der Waals surface area contributed by atoms with Crippen molar-refractivity contribution in [2.75, 3.05) is 0 Å². The number of nitrogens with zero attached hydrogens (tertiary/aromatic N) is 4. The zero-order valence-electron chi connectivity index (χ0n) is 15.3. The summed E-state index contributed by atoms with van der Waals surface area (Å²) in [5.41, 5.74) is 3.54. The third-order valence-electron chi connectivity index (χ3n) is 4.41. The van der Waals surface area contributed by atoms with Gasteiger partial charge in [-0.1, -0.05) is 90.6 Å². The second-order valence-electron chi connectivity index (χ2n) is 6.30. The maximum Gasteiger partial charge on any atom is 0.215 e. The number of aryl methyl sites for hydroxylation is 1. The lowest BCUT2D eigenvalue weighted by Gasteiger charge is -2.16. The van der Waals surface area contributed by atoms with Crippen molar-refractivity contribution in [2.24, 2.45) is 0 Å². The Morgan fingerprint density at radius 2 is 1.54 bits per heavy atom. The number of Topliss-reactive ketones (excluding diaryl/α,β-unsaturated/α-hetero) is 1. The molecule has 6 heteroatoms. The zero-order chi connectivity index (χ0) is 19.3. The molecule has 0 bridgehead atoms. The zero-order valence-corrected chi connectivity index (χ0v) is 16.1. The van der Waals surface area contributed by atoms with Crippen LogP contribution in [0, 0.1) is 6.92 Å². The SMILES string of the molecule is Cc1ccccc1-n1nnnc1S[C@@H](C(=O)c1ccccc1)c1ccccc1. The number of para-hydroxylation sites is 1. The van der Waals surface area contributed by atoms with E-state index in [0.717, 1.165) is 16.8 Å². The Balaban J connectivity index is 1.73. The topological polar surface area (TPSA) is 60.7 Å². The van der Waals surface area contributed by atoms with Gasteiger partial charge in [0.15, 0.2) is 5.78 Å². The van der Waals surface area contributed by atoms with Crippen molar-refractivity contribution in [2.45, 2.75) is 17.3 Å². The lowest BCUT2D eigenvalue weighted by atomic mass is 10.0. The summed E-state index contributed by atoms with van der Waals surface area (Å²) in [4.78, 5) is 13.3. The van der Waals surface area contributed by atoms with Gasteiger partial charge < -0.3 is 0 Å². The quantitative estimate of drug-likeness (QED) is 0.355. The number of carbonyl (C=O) groups excluding carboxylic acids is 1. The molecule has 0 saturated heterocycles. The number of rotatable bonds is 6. The highest BCUT2D eigenvalue weighted by Crippen LogP contribution is 2.37. The molecule has 138 valence electrons. The molecule has 4 aromatic rings. The maximum atomic E-state index is 13.3. The Labute approximate surface area is 167 Å². The van der Waals surface area contributed by atoms with E-state index >= 15 is 0 Å². The van der Waals surface area contributed by atoms with Gasteiger partial charge in [0.25, 0.3) is 0 Å². The standard InChI is InChI=1S/C22H18N4OS/c1-16-10-8-9-15-19(16)26-22(23-24-25-26)28-21(18-13-6-3-7-14-18)20(27)17-11-4-2-5-12-17/h2-15,21H,1H3/t21-/m1/s1. The highest BCUT2D eigenvalue weighted by Gasteiger charge is 2.26. The average Bonchev–Trinajstić information content (AvgIpc) is 3.21. The van der Waals surface area contributed by atoms with E-state index < -0.39 is 5.25 Å². The van der Waals surface area contributed by atoms with Crippen LogP contribution in [0.3, 0.4) is 0 Å². The fourth-order valence-corrected chi connectivity index (χ4v) is 4.03. The fourth-order valence-electron chi connectivity index (χ4n) is 2.96. The lowest BCUT2D eigenvalue weighted by Crippen LogP contribution is -2.11. The highest BCUT2D eigenvalue weighted by molar-refractivity contribution is 8.00. The molecule has 1 aromatic heterocycles. The van der Waals surface area contributed by atoms with Gasteiger partial charge in [0.2, 0.25) is 5.16 Å². The fraction of sp³-hybridized carbons (Fsp3) is 0.0909. The minimum absolute atomic E-state index is 0.0242. The first kappa shape index (κ1) is 18.1. The van der Waals surface area contributed by atoms with Crippen LogP contribution >= 0.6 is 11.8 Å². The monoisotopic (exact) mass is 386 g/mol. The normalized spacial score (nSPS) is 11.9. The van der Waals surface area contributed by atoms with Gasteiger partial charge in [-0.25, -0.2) is 0 Å². The van der Waals surface area contributed by atoms with Crippen LogP contribution in [0.5, 0.6) is 0 Å². The molecule has 0 N–H and O–H groups in total. The molecule has 0 aliphatic carbocycles. The Kier molecular flexibility index (Phi) is 5.30. The molecule has 0 aliphatic rings. The van der Waals surface area contributed by atoms with Crippen molar-refractivity contribution in [3.63, 3.8) is 0 Å². The number of carbonyl (C=O) groups is 1. The van der Waals surface area contributed by atoms with Crippen LogP contribution in [0.25, 0.3) is 5.69 Å². The molecule has 0 saturated carbocycles. The van der Waals surface area contributed by atoms with Gasteiger partial charge in [-0.05, 0) is 34.5 Å². The van der Waals surface area contributed by atoms with Crippen LogP contribution < -0.4 is 0 Å². The summed E-state index contributed by atoms with van der Waals surface area (Å²) in [5.74, 6) is 0.0242. The number of ketones is 1. The van der Waals surface area contributed by atoms with Crippen molar-refractivity contribution >= 4 is 17.5 Å². The molecule has 5 nitrogen and oxygen atoms in total. The van der Waals surface area contributed by atoms with Crippen LogP contribution in [-0.4, -0.2) is 26.0 Å². The van der Waals surface area contributed by atoms with Gasteiger partial charge in [-0.15, -0.1) is 5.10 Å². The van der Waals surface area contributed by atoms with Crippen LogP contribution in [0.15, 0.2) is 90.1 Å². The van der Waals surface area contributed by atoms with Crippen LogP contribution in [0.2, 0.25) is 0 Å². The van der Waals surface area contributed by atoms with Crippen molar-refractivity contribution in [3.8, 4) is 5.69 Å². The molecule has 0 unspecified atom stereocenters. The molecule has 0 aliphatic heterocycles. The summed E-state index contributed by atoms with van der Waals surface area (Å²) in [7, 11) is 0. The number of benzene rings is 3. The molecule has 28 heavy (non-hydrogen) atoms. The number of hydrogen-bond donors (Lipinski definition) is 0. The predicted octanol–water partition coefficient (Wildman–Crippen LogP) is 4.69. The van der Waals surface area contributed by atoms with E-state index in [0.29, 0.717) is 10.7 Å². The summed E-state index contributed by atoms with van der Waals surface area (Å²) in [6.07, 6.45) is 0. The molecule has 1 atom stereocenters. The molecular weight excluding hydrogens is 368 g/mol. The molecular formula is C22H18N4OS. The molecule has 3 aromatic carbocycles. The Bertz CT molecular complexity index is 1080. The van der Waals surface area contributed by atoms with Gasteiger partial charge in [0.05, 0.1) is 5.69 Å². The van der Waals surface area contributed by atoms with Gasteiger partial charge >= 0.3 is 0 Å². The lowest BCUT2D eigenvalue weighted by molar-refractivity contribution is 0.0989. The van der Waals surface area contributed by atoms with Crippen LogP contribution in [-0.2, 0) is 0 Å². The number of tetrazole rings is 1. The Morgan fingerprint density at radius 1 is 0.893 bits per heavy atom. The van der Waals surface area contributed by atoms with Crippen molar-refractivity contribution in [3.05, 3.63) is 102 Å². The minimum Gasteiger partial charge on any atom is -0.293 e. The summed E-state index contributed by atoms with van der Waals surface area (Å²) in [6, 6.07) is 26.9. The van der Waals surface area contributed by atoms with Crippen molar-refractivity contribution in [1.82, 2.24) is 20.2 Å². The molecule has 0 fully saturated rings. The number of aromatic nitrogens is 4. The highest BCUT2D eigenvalue weighted by atomic mass is 32.2. The first-order valence-electron chi connectivity index (χ1n) is 8.89. The summed E-state index contributed by atoms with van der Waals surface area (Å²) < 4.78 is 1.69. The average molecular weight is 386 g/mol. The van der Waals surface area contributed by atoms with Crippen molar-refractivity contribution in [1.29, 1.82) is 0 Å². The van der Waals surface area contributed by atoms with Gasteiger partial charge in [-0.2, -0.15) is 4.68 Å². The number of thioether (sulfide) groups is 1. The van der Waals surface area contributed by atoms with E-state index in [9.17, 15) is 4.79 Å². The van der Waals surface area contributed by atoms with Gasteiger partial charge in [0.1, 0.15) is 5.25 Å². The summed E-state index contributed by atoms with van der Waals surface area (Å²) >= 11 is 1.36. The van der Waals surface area contributed by atoms with Gasteiger partial charge in [0, 0.05) is 5.56 Å². The molecule has 0 spiro atoms. The molecule has 0 radical (unpaired) electrons. The second-order valence-corrected chi connectivity index (χ2v) is 7.37. The third-order valence-corrected chi connectivity index (χ3v) is 5.59. The molecule has 1 heterocycles. The van der Waals surface area contributed by atoms with E-state index in [1.54, 1.807) is 4.68 Å². The molecule has 4 rings (SSSR count).